The number of halogens is 3. The minimum atomic E-state index is -4.07. The Labute approximate surface area is 87.9 Å². The molecular weight excluding hydrogens is 207 g/mol. The summed E-state index contributed by atoms with van der Waals surface area (Å²) in [6.45, 7) is 0.573. The second-order valence-electron chi connectivity index (χ2n) is 4.26. The van der Waals surface area contributed by atoms with E-state index < -0.39 is 12.6 Å². The molecule has 2 nitrogen and oxygen atoms in total. The summed E-state index contributed by atoms with van der Waals surface area (Å²) in [4.78, 5) is 0. The lowest BCUT2D eigenvalue weighted by Crippen LogP contribution is -2.31. The van der Waals surface area contributed by atoms with Gasteiger partial charge >= 0.3 is 6.18 Å². The van der Waals surface area contributed by atoms with Gasteiger partial charge in [-0.25, -0.2) is 0 Å². The van der Waals surface area contributed by atoms with Crippen LogP contribution in [0.3, 0.4) is 0 Å². The van der Waals surface area contributed by atoms with Crippen molar-refractivity contribution in [2.75, 3.05) is 13.1 Å². The van der Waals surface area contributed by atoms with Gasteiger partial charge in [0.1, 0.15) is 0 Å². The lowest BCUT2D eigenvalue weighted by atomic mass is 9.87. The molecule has 0 bridgehead atoms. The average Bonchev–Trinajstić information content (AvgIpc) is 2.11. The van der Waals surface area contributed by atoms with Crippen LogP contribution in [0.25, 0.3) is 0 Å². The third kappa shape index (κ3) is 5.99. The summed E-state index contributed by atoms with van der Waals surface area (Å²) >= 11 is 0. The summed E-state index contributed by atoms with van der Waals surface area (Å²) < 4.78 is 35.4. The number of hydrogen-bond donors (Lipinski definition) is 2. The van der Waals surface area contributed by atoms with Gasteiger partial charge in [0.05, 0.1) is 12.5 Å². The minimum Gasteiger partial charge on any atom is -0.393 e. The molecule has 0 radical (unpaired) electrons. The van der Waals surface area contributed by atoms with Crippen LogP contribution >= 0.6 is 0 Å². The quantitative estimate of drug-likeness (QED) is 0.718. The van der Waals surface area contributed by atoms with Crippen LogP contribution < -0.4 is 5.32 Å². The maximum absolute atomic E-state index is 11.8. The van der Waals surface area contributed by atoms with Crippen molar-refractivity contribution >= 4 is 0 Å². The largest absolute Gasteiger partial charge is 0.393 e. The molecule has 5 heteroatoms. The van der Waals surface area contributed by atoms with E-state index in [0.29, 0.717) is 12.5 Å². The van der Waals surface area contributed by atoms with Crippen molar-refractivity contribution in [1.82, 2.24) is 5.32 Å². The molecule has 0 aromatic carbocycles. The Morgan fingerprint density at radius 3 is 2.60 bits per heavy atom. The molecule has 1 aliphatic carbocycles. The van der Waals surface area contributed by atoms with Crippen LogP contribution in [0.5, 0.6) is 0 Å². The van der Waals surface area contributed by atoms with E-state index in [4.69, 9.17) is 0 Å². The van der Waals surface area contributed by atoms with Gasteiger partial charge in [-0.3, -0.25) is 0 Å². The van der Waals surface area contributed by atoms with Crippen LogP contribution in [0.15, 0.2) is 0 Å². The van der Waals surface area contributed by atoms with E-state index >= 15 is 0 Å². The molecule has 2 N–H and O–H groups in total. The highest BCUT2D eigenvalue weighted by molar-refractivity contribution is 4.73. The molecule has 1 rings (SSSR count). The Morgan fingerprint density at radius 1 is 1.27 bits per heavy atom. The maximum Gasteiger partial charge on any atom is 0.390 e. The lowest BCUT2D eigenvalue weighted by Gasteiger charge is -2.26. The van der Waals surface area contributed by atoms with Crippen LogP contribution in [0.1, 0.15) is 32.1 Å². The molecule has 90 valence electrons. The first-order chi connectivity index (χ1) is 6.97. The standard InChI is InChI=1S/C10H18F3NO/c11-10(12,13)4-5-14-7-8-2-1-3-9(15)6-8/h8-9,14-15H,1-7H2. The zero-order chi connectivity index (χ0) is 11.3. The van der Waals surface area contributed by atoms with Gasteiger partial charge in [0.25, 0.3) is 0 Å². The summed E-state index contributed by atoms with van der Waals surface area (Å²) in [7, 11) is 0. The SMILES string of the molecule is OC1CCCC(CNCCC(F)(F)F)C1. The van der Waals surface area contributed by atoms with E-state index in [1.807, 2.05) is 0 Å². The molecule has 0 saturated heterocycles. The zero-order valence-electron chi connectivity index (χ0n) is 8.69. The molecule has 0 aliphatic heterocycles. The van der Waals surface area contributed by atoms with Gasteiger partial charge < -0.3 is 10.4 Å². The third-order valence-corrected chi connectivity index (χ3v) is 2.77. The Kier molecular flexibility index (Phi) is 4.86. The summed E-state index contributed by atoms with van der Waals surface area (Å²) in [6.07, 6.45) is -1.56. The second kappa shape index (κ2) is 5.70. The van der Waals surface area contributed by atoms with Crippen LogP contribution in [0, 0.1) is 5.92 Å². The van der Waals surface area contributed by atoms with E-state index in [0.717, 1.165) is 25.7 Å². The number of nitrogens with one attached hydrogen (secondary N) is 1. The highest BCUT2D eigenvalue weighted by atomic mass is 19.4. The molecule has 1 saturated carbocycles. The number of alkyl halides is 3. The first-order valence-corrected chi connectivity index (χ1v) is 5.43. The summed E-state index contributed by atoms with van der Waals surface area (Å²) in [5, 5.41) is 12.2. The van der Waals surface area contributed by atoms with Gasteiger partial charge in [-0.05, 0) is 31.7 Å². The number of aliphatic hydroxyl groups excluding tert-OH is 1. The van der Waals surface area contributed by atoms with Crippen LogP contribution in [0.4, 0.5) is 13.2 Å². The Hall–Kier alpha value is -0.290. The van der Waals surface area contributed by atoms with Crippen LogP contribution in [0.2, 0.25) is 0 Å². The molecule has 0 aromatic heterocycles. The molecular formula is C10H18F3NO. The van der Waals surface area contributed by atoms with Crippen molar-refractivity contribution < 1.29 is 18.3 Å². The van der Waals surface area contributed by atoms with Gasteiger partial charge in [-0.15, -0.1) is 0 Å². The fourth-order valence-electron chi connectivity index (χ4n) is 1.98. The van der Waals surface area contributed by atoms with E-state index in [-0.39, 0.29) is 12.6 Å². The monoisotopic (exact) mass is 225 g/mol. The first kappa shape index (κ1) is 12.8. The van der Waals surface area contributed by atoms with Gasteiger partial charge in [-0.1, -0.05) is 6.42 Å². The van der Waals surface area contributed by atoms with Gasteiger partial charge in [0, 0.05) is 6.54 Å². The van der Waals surface area contributed by atoms with Crippen LogP contribution in [-0.2, 0) is 0 Å². The van der Waals surface area contributed by atoms with E-state index in [1.54, 1.807) is 0 Å². The number of hydrogen-bond acceptors (Lipinski definition) is 2. The molecule has 0 heterocycles. The number of aliphatic hydroxyl groups is 1. The Bertz CT molecular complexity index is 184. The van der Waals surface area contributed by atoms with Crippen molar-refractivity contribution in [3.8, 4) is 0 Å². The molecule has 0 amide bonds. The summed E-state index contributed by atoms with van der Waals surface area (Å²) in [5.41, 5.74) is 0. The van der Waals surface area contributed by atoms with Crippen molar-refractivity contribution in [3.63, 3.8) is 0 Å². The van der Waals surface area contributed by atoms with Crippen molar-refractivity contribution in [2.45, 2.75) is 44.4 Å². The fraction of sp³-hybridized carbons (Fsp3) is 1.00. The first-order valence-electron chi connectivity index (χ1n) is 5.43. The average molecular weight is 225 g/mol. The minimum absolute atomic E-state index is 0.0178. The molecule has 0 aromatic rings. The molecule has 1 fully saturated rings. The Morgan fingerprint density at radius 2 is 2.00 bits per heavy atom. The number of rotatable bonds is 4. The van der Waals surface area contributed by atoms with Gasteiger partial charge in [0.2, 0.25) is 0 Å². The van der Waals surface area contributed by atoms with E-state index in [9.17, 15) is 18.3 Å². The predicted molar refractivity (Wildman–Crippen MR) is 51.5 cm³/mol. The van der Waals surface area contributed by atoms with Crippen molar-refractivity contribution in [1.29, 1.82) is 0 Å². The summed E-state index contributed by atoms with van der Waals surface area (Å²) in [6, 6.07) is 0. The van der Waals surface area contributed by atoms with Crippen LogP contribution in [-0.4, -0.2) is 30.5 Å². The second-order valence-corrected chi connectivity index (χ2v) is 4.26. The molecule has 2 atom stereocenters. The smallest absolute Gasteiger partial charge is 0.390 e. The Balaban J connectivity index is 2.04. The fourth-order valence-corrected chi connectivity index (χ4v) is 1.98. The molecule has 15 heavy (non-hydrogen) atoms. The normalized spacial score (nSPS) is 28.0. The highest BCUT2D eigenvalue weighted by Gasteiger charge is 2.26. The molecule has 2 unspecified atom stereocenters. The van der Waals surface area contributed by atoms with E-state index in [2.05, 4.69) is 5.32 Å². The predicted octanol–water partition coefficient (Wildman–Crippen LogP) is 2.08. The topological polar surface area (TPSA) is 32.3 Å². The van der Waals surface area contributed by atoms with E-state index in [1.165, 1.54) is 0 Å². The molecule has 1 aliphatic rings. The van der Waals surface area contributed by atoms with Gasteiger partial charge in [0.15, 0.2) is 0 Å². The maximum atomic E-state index is 11.8. The van der Waals surface area contributed by atoms with Crippen molar-refractivity contribution in [3.05, 3.63) is 0 Å². The van der Waals surface area contributed by atoms with Crippen molar-refractivity contribution in [2.24, 2.45) is 5.92 Å². The third-order valence-electron chi connectivity index (χ3n) is 2.77. The summed E-state index contributed by atoms with van der Waals surface area (Å²) in [5.74, 6) is 0.335. The van der Waals surface area contributed by atoms with Gasteiger partial charge in [-0.2, -0.15) is 13.2 Å². The highest BCUT2D eigenvalue weighted by Crippen LogP contribution is 2.23. The zero-order valence-corrected chi connectivity index (χ0v) is 8.69. The molecule has 0 spiro atoms. The lowest BCUT2D eigenvalue weighted by molar-refractivity contribution is -0.133.